The van der Waals surface area contributed by atoms with Crippen molar-refractivity contribution in [3.8, 4) is 0 Å². The maximum absolute atomic E-state index is 12.8. The van der Waals surface area contributed by atoms with E-state index < -0.39 is 11.7 Å². The second-order valence-electron chi connectivity index (χ2n) is 4.36. The van der Waals surface area contributed by atoms with Gasteiger partial charge in [-0.2, -0.15) is 13.2 Å². The van der Waals surface area contributed by atoms with Crippen LogP contribution in [0.2, 0.25) is 5.02 Å². The molecular weight excluding hydrogens is 273 g/mol. The molecule has 0 saturated carbocycles. The molecule has 0 saturated heterocycles. The van der Waals surface area contributed by atoms with Gasteiger partial charge in [0.2, 0.25) is 0 Å². The summed E-state index contributed by atoms with van der Waals surface area (Å²) < 4.78 is 38.3. The summed E-state index contributed by atoms with van der Waals surface area (Å²) in [5.74, 6) is 0. The highest BCUT2D eigenvalue weighted by Gasteiger charge is 2.30. The molecule has 4 heteroatoms. The Bertz CT molecular complexity index is 775. The Morgan fingerprint density at radius 3 is 1.89 bits per heavy atom. The van der Waals surface area contributed by atoms with Crippen LogP contribution in [0.5, 0.6) is 0 Å². The third-order valence-electron chi connectivity index (χ3n) is 3.13. The van der Waals surface area contributed by atoms with Crippen LogP contribution in [-0.2, 0) is 6.18 Å². The second-order valence-corrected chi connectivity index (χ2v) is 4.80. The molecule has 0 aliphatic heterocycles. The Labute approximate surface area is 112 Å². The van der Waals surface area contributed by atoms with Gasteiger partial charge in [0.25, 0.3) is 0 Å². The number of halogens is 4. The smallest absolute Gasteiger partial charge is 0.166 e. The van der Waals surface area contributed by atoms with Crippen molar-refractivity contribution in [2.75, 3.05) is 0 Å². The number of hydrogen-bond acceptors (Lipinski definition) is 0. The number of benzene rings is 3. The summed E-state index contributed by atoms with van der Waals surface area (Å²) >= 11 is 5.93. The van der Waals surface area contributed by atoms with Gasteiger partial charge in [0, 0.05) is 5.02 Å². The molecule has 0 bridgehead atoms. The zero-order chi connectivity index (χ0) is 13.6. The minimum absolute atomic E-state index is 0.511. The average molecular weight is 281 g/mol. The van der Waals surface area contributed by atoms with Crippen LogP contribution in [0.3, 0.4) is 0 Å². The Hall–Kier alpha value is -1.74. The van der Waals surface area contributed by atoms with Crippen LogP contribution < -0.4 is 0 Å². The standard InChI is InChI=1S/C15H8ClF3/c16-12-6-4-10-2-1-9-3-5-11(15(17,18)19)7-13(9)14(10)8-12/h1-8H. The lowest BCUT2D eigenvalue weighted by atomic mass is 10.00. The van der Waals surface area contributed by atoms with E-state index in [1.165, 1.54) is 12.1 Å². The van der Waals surface area contributed by atoms with Crippen LogP contribution in [0.25, 0.3) is 21.5 Å². The molecule has 0 nitrogen and oxygen atoms in total. The van der Waals surface area contributed by atoms with Gasteiger partial charge in [0.15, 0.2) is 0 Å². The lowest BCUT2D eigenvalue weighted by Crippen LogP contribution is -2.04. The van der Waals surface area contributed by atoms with E-state index in [1.807, 2.05) is 12.1 Å². The molecule has 0 fully saturated rings. The molecule has 19 heavy (non-hydrogen) atoms. The fourth-order valence-corrected chi connectivity index (χ4v) is 2.37. The topological polar surface area (TPSA) is 0 Å². The number of fused-ring (bicyclic) bond motifs is 3. The Morgan fingerprint density at radius 1 is 0.737 bits per heavy atom. The van der Waals surface area contributed by atoms with E-state index >= 15 is 0 Å². The highest BCUT2D eigenvalue weighted by atomic mass is 35.5. The van der Waals surface area contributed by atoms with Crippen molar-refractivity contribution < 1.29 is 13.2 Å². The summed E-state index contributed by atoms with van der Waals surface area (Å²) in [7, 11) is 0. The molecule has 0 aliphatic carbocycles. The van der Waals surface area contributed by atoms with Crippen molar-refractivity contribution in [2.45, 2.75) is 6.18 Å². The second kappa shape index (κ2) is 4.14. The van der Waals surface area contributed by atoms with Gasteiger partial charge >= 0.3 is 6.18 Å². The predicted molar refractivity (Wildman–Crippen MR) is 71.5 cm³/mol. The fourth-order valence-electron chi connectivity index (χ4n) is 2.20. The lowest BCUT2D eigenvalue weighted by molar-refractivity contribution is -0.137. The first-order valence-electron chi connectivity index (χ1n) is 5.64. The Balaban J connectivity index is 2.41. The first kappa shape index (κ1) is 12.3. The molecule has 0 heterocycles. The molecule has 3 rings (SSSR count). The molecule has 0 N–H and O–H groups in total. The van der Waals surface area contributed by atoms with Crippen LogP contribution in [0.1, 0.15) is 5.56 Å². The summed E-state index contributed by atoms with van der Waals surface area (Å²) in [6.07, 6.45) is -4.34. The highest BCUT2D eigenvalue weighted by Crippen LogP contribution is 2.34. The van der Waals surface area contributed by atoms with E-state index in [4.69, 9.17) is 11.6 Å². The molecule has 3 aromatic carbocycles. The van der Waals surface area contributed by atoms with Crippen molar-refractivity contribution in [2.24, 2.45) is 0 Å². The van der Waals surface area contributed by atoms with E-state index in [0.717, 1.165) is 22.2 Å². The first-order chi connectivity index (χ1) is 8.95. The highest BCUT2D eigenvalue weighted by molar-refractivity contribution is 6.31. The van der Waals surface area contributed by atoms with Crippen LogP contribution in [-0.4, -0.2) is 0 Å². The number of hydrogen-bond donors (Lipinski definition) is 0. The summed E-state index contributed by atoms with van der Waals surface area (Å²) in [5, 5.41) is 3.45. The van der Waals surface area contributed by atoms with Crippen molar-refractivity contribution in [1.29, 1.82) is 0 Å². The summed E-state index contributed by atoms with van der Waals surface area (Å²) in [4.78, 5) is 0. The molecule has 0 amide bonds. The maximum atomic E-state index is 12.8. The molecule has 3 aromatic rings. The normalized spacial score (nSPS) is 12.2. The molecule has 0 unspecified atom stereocenters. The van der Waals surface area contributed by atoms with Gasteiger partial charge < -0.3 is 0 Å². The van der Waals surface area contributed by atoms with Gasteiger partial charge in [0.05, 0.1) is 5.56 Å². The third-order valence-corrected chi connectivity index (χ3v) is 3.36. The van der Waals surface area contributed by atoms with Crippen molar-refractivity contribution >= 4 is 33.1 Å². The Morgan fingerprint density at radius 2 is 1.26 bits per heavy atom. The fraction of sp³-hybridized carbons (Fsp3) is 0.0667. The minimum atomic E-state index is -4.34. The summed E-state index contributed by atoms with van der Waals surface area (Å²) in [6.45, 7) is 0. The van der Waals surface area contributed by atoms with E-state index in [2.05, 4.69) is 0 Å². The minimum Gasteiger partial charge on any atom is -0.166 e. The maximum Gasteiger partial charge on any atom is 0.416 e. The summed E-state index contributed by atoms with van der Waals surface area (Å²) in [5.41, 5.74) is -0.646. The van der Waals surface area contributed by atoms with Gasteiger partial charge in [-0.15, -0.1) is 0 Å². The van der Waals surface area contributed by atoms with Crippen LogP contribution in [0, 0.1) is 0 Å². The van der Waals surface area contributed by atoms with Crippen LogP contribution in [0.4, 0.5) is 13.2 Å². The molecule has 0 spiro atoms. The van der Waals surface area contributed by atoms with Crippen molar-refractivity contribution in [1.82, 2.24) is 0 Å². The lowest BCUT2D eigenvalue weighted by Gasteiger charge is -2.09. The van der Waals surface area contributed by atoms with Crippen molar-refractivity contribution in [3.63, 3.8) is 0 Å². The van der Waals surface area contributed by atoms with E-state index in [9.17, 15) is 13.2 Å². The van der Waals surface area contributed by atoms with Gasteiger partial charge in [-0.1, -0.05) is 35.9 Å². The molecule has 0 aromatic heterocycles. The molecule has 0 radical (unpaired) electrons. The van der Waals surface area contributed by atoms with Gasteiger partial charge in [-0.25, -0.2) is 0 Å². The van der Waals surface area contributed by atoms with Gasteiger partial charge in [-0.3, -0.25) is 0 Å². The molecule has 0 aliphatic rings. The first-order valence-corrected chi connectivity index (χ1v) is 6.02. The van der Waals surface area contributed by atoms with Crippen LogP contribution >= 0.6 is 11.6 Å². The average Bonchev–Trinajstić information content (AvgIpc) is 2.37. The Kier molecular flexibility index (Phi) is 2.68. The largest absolute Gasteiger partial charge is 0.416 e. The predicted octanol–water partition coefficient (Wildman–Crippen LogP) is 5.67. The molecular formula is C15H8ClF3. The van der Waals surface area contributed by atoms with E-state index in [-0.39, 0.29) is 0 Å². The van der Waals surface area contributed by atoms with Crippen LogP contribution in [0.15, 0.2) is 48.5 Å². The summed E-state index contributed by atoms with van der Waals surface area (Å²) in [6, 6.07) is 12.7. The number of alkyl halides is 3. The van der Waals surface area contributed by atoms with E-state index in [1.54, 1.807) is 18.2 Å². The number of rotatable bonds is 0. The van der Waals surface area contributed by atoms with Gasteiger partial charge in [-0.05, 0) is 45.8 Å². The zero-order valence-electron chi connectivity index (χ0n) is 9.63. The zero-order valence-corrected chi connectivity index (χ0v) is 10.4. The molecule has 96 valence electrons. The van der Waals surface area contributed by atoms with E-state index in [0.29, 0.717) is 10.4 Å². The third kappa shape index (κ3) is 2.15. The van der Waals surface area contributed by atoms with Gasteiger partial charge in [0.1, 0.15) is 0 Å². The molecule has 0 atom stereocenters. The monoisotopic (exact) mass is 280 g/mol. The van der Waals surface area contributed by atoms with Crippen molar-refractivity contribution in [3.05, 3.63) is 59.1 Å². The quantitative estimate of drug-likeness (QED) is 0.466. The SMILES string of the molecule is FC(F)(F)c1ccc2ccc3ccc(Cl)cc3c2c1.